The molecule has 1 heterocycles. The van der Waals surface area contributed by atoms with Gasteiger partial charge in [-0.3, -0.25) is 14.9 Å². The molecule has 0 spiro atoms. The Morgan fingerprint density at radius 3 is 2.44 bits per heavy atom. The molecule has 0 saturated carbocycles. The smallest absolute Gasteiger partial charge is 0.237 e. The average Bonchev–Trinajstić information content (AvgIpc) is 3.02. The van der Waals surface area contributed by atoms with Crippen LogP contribution < -0.4 is 5.32 Å². The molecule has 3 aromatic rings. The number of benzene rings is 2. The van der Waals surface area contributed by atoms with Crippen LogP contribution in [-0.4, -0.2) is 32.3 Å². The predicted octanol–water partition coefficient (Wildman–Crippen LogP) is 3.11. The molecule has 138 valence electrons. The van der Waals surface area contributed by atoms with E-state index in [1.807, 2.05) is 49.5 Å². The molecule has 0 aliphatic rings. The van der Waals surface area contributed by atoms with Crippen molar-refractivity contribution in [3.63, 3.8) is 0 Å². The van der Waals surface area contributed by atoms with Crippen molar-refractivity contribution in [2.75, 3.05) is 5.75 Å². The van der Waals surface area contributed by atoms with Gasteiger partial charge in [0, 0.05) is 17.6 Å². The number of halogens is 1. The Morgan fingerprint density at radius 1 is 1.04 bits per heavy atom. The topological polar surface area (TPSA) is 76.9 Å². The highest BCUT2D eigenvalue weighted by Crippen LogP contribution is 2.23. The third-order valence-electron chi connectivity index (χ3n) is 3.76. The number of carbonyl (C=O) groups is 2. The van der Waals surface area contributed by atoms with Crippen molar-refractivity contribution in [3.8, 4) is 11.4 Å². The molecular weight excluding hydrogens is 384 g/mol. The Morgan fingerprint density at radius 2 is 1.74 bits per heavy atom. The summed E-state index contributed by atoms with van der Waals surface area (Å²) in [5, 5.41) is 11.9. The molecule has 0 atom stereocenters. The second-order valence-corrected chi connectivity index (χ2v) is 7.17. The zero-order chi connectivity index (χ0) is 19.2. The molecule has 0 bridgehead atoms. The van der Waals surface area contributed by atoms with Crippen LogP contribution in [0.15, 0.2) is 59.8 Å². The second-order valence-electron chi connectivity index (χ2n) is 5.79. The van der Waals surface area contributed by atoms with Crippen molar-refractivity contribution in [3.05, 3.63) is 65.2 Å². The van der Waals surface area contributed by atoms with Gasteiger partial charge in [0.1, 0.15) is 0 Å². The van der Waals surface area contributed by atoms with Crippen LogP contribution >= 0.6 is 23.4 Å². The summed E-state index contributed by atoms with van der Waals surface area (Å²) in [5.41, 5.74) is 1.74. The quantitative estimate of drug-likeness (QED) is 0.643. The van der Waals surface area contributed by atoms with Crippen LogP contribution in [0.1, 0.15) is 5.56 Å². The molecule has 2 amide bonds. The number of hydrogen-bond acceptors (Lipinski definition) is 5. The summed E-state index contributed by atoms with van der Waals surface area (Å²) in [6.45, 7) is 0. The van der Waals surface area contributed by atoms with Crippen molar-refractivity contribution < 1.29 is 9.59 Å². The summed E-state index contributed by atoms with van der Waals surface area (Å²) in [6, 6.07) is 16.6. The average molecular weight is 401 g/mol. The molecule has 27 heavy (non-hydrogen) atoms. The van der Waals surface area contributed by atoms with E-state index in [-0.39, 0.29) is 24.0 Å². The second kappa shape index (κ2) is 8.83. The van der Waals surface area contributed by atoms with Crippen LogP contribution in [0.2, 0.25) is 5.02 Å². The van der Waals surface area contributed by atoms with Crippen LogP contribution in [-0.2, 0) is 23.1 Å². The van der Waals surface area contributed by atoms with Gasteiger partial charge in [-0.25, -0.2) is 0 Å². The highest BCUT2D eigenvalue weighted by molar-refractivity contribution is 7.99. The standard InChI is InChI=1S/C19H17ClN4O2S/c1-24-18(14-7-9-15(20)10-8-14)22-23-19(24)27-12-17(26)21-16(25)11-13-5-3-2-4-6-13/h2-10H,11-12H2,1H3,(H,21,25,26). The number of aromatic nitrogens is 3. The molecule has 3 rings (SSSR count). The van der Waals surface area contributed by atoms with Crippen molar-refractivity contribution in [1.29, 1.82) is 0 Å². The lowest BCUT2D eigenvalue weighted by Gasteiger charge is -2.05. The molecule has 6 nitrogen and oxygen atoms in total. The van der Waals surface area contributed by atoms with E-state index < -0.39 is 0 Å². The van der Waals surface area contributed by atoms with Gasteiger partial charge in [0.05, 0.1) is 12.2 Å². The first kappa shape index (κ1) is 19.1. The van der Waals surface area contributed by atoms with E-state index in [1.165, 1.54) is 11.8 Å². The Labute approximate surface area is 165 Å². The van der Waals surface area contributed by atoms with Gasteiger partial charge in [0.2, 0.25) is 11.8 Å². The normalized spacial score (nSPS) is 10.6. The Kier molecular flexibility index (Phi) is 6.26. The molecule has 0 aliphatic carbocycles. The fraction of sp³-hybridized carbons (Fsp3) is 0.158. The highest BCUT2D eigenvalue weighted by atomic mass is 35.5. The molecule has 0 radical (unpaired) electrons. The number of amides is 2. The number of nitrogens with one attached hydrogen (secondary N) is 1. The predicted molar refractivity (Wildman–Crippen MR) is 105 cm³/mol. The van der Waals surface area contributed by atoms with E-state index in [0.717, 1.165) is 11.1 Å². The first-order chi connectivity index (χ1) is 13.0. The van der Waals surface area contributed by atoms with Crippen LogP contribution in [0.5, 0.6) is 0 Å². The van der Waals surface area contributed by atoms with Gasteiger partial charge in [0.15, 0.2) is 11.0 Å². The first-order valence-electron chi connectivity index (χ1n) is 8.17. The van der Waals surface area contributed by atoms with Gasteiger partial charge in [-0.05, 0) is 29.8 Å². The molecule has 2 aromatic carbocycles. The van der Waals surface area contributed by atoms with E-state index in [0.29, 0.717) is 16.0 Å². The maximum absolute atomic E-state index is 12.0. The number of thioether (sulfide) groups is 1. The number of nitrogens with zero attached hydrogens (tertiary/aromatic N) is 3. The van der Waals surface area contributed by atoms with E-state index >= 15 is 0 Å². The fourth-order valence-corrected chi connectivity index (χ4v) is 3.28. The monoisotopic (exact) mass is 400 g/mol. The number of imide groups is 1. The summed E-state index contributed by atoms with van der Waals surface area (Å²) < 4.78 is 1.80. The molecule has 0 unspecified atom stereocenters. The Hall–Kier alpha value is -2.64. The van der Waals surface area contributed by atoms with Crippen molar-refractivity contribution in [1.82, 2.24) is 20.1 Å². The minimum atomic E-state index is -0.364. The third-order valence-corrected chi connectivity index (χ3v) is 5.03. The van der Waals surface area contributed by atoms with Gasteiger partial charge in [-0.2, -0.15) is 0 Å². The number of rotatable bonds is 6. The molecule has 0 aliphatic heterocycles. The summed E-state index contributed by atoms with van der Waals surface area (Å²) in [4.78, 5) is 24.0. The maximum Gasteiger partial charge on any atom is 0.237 e. The molecule has 8 heteroatoms. The highest BCUT2D eigenvalue weighted by Gasteiger charge is 2.14. The molecular formula is C19H17ClN4O2S. The number of carbonyl (C=O) groups excluding carboxylic acids is 2. The molecule has 0 saturated heterocycles. The molecule has 1 N–H and O–H groups in total. The number of hydrogen-bond donors (Lipinski definition) is 1. The zero-order valence-electron chi connectivity index (χ0n) is 14.6. The van der Waals surface area contributed by atoms with E-state index in [2.05, 4.69) is 15.5 Å². The van der Waals surface area contributed by atoms with Gasteiger partial charge >= 0.3 is 0 Å². The van der Waals surface area contributed by atoms with Crippen LogP contribution in [0.4, 0.5) is 0 Å². The van der Waals surface area contributed by atoms with Gasteiger partial charge in [0.25, 0.3) is 0 Å². The Balaban J connectivity index is 1.54. The zero-order valence-corrected chi connectivity index (χ0v) is 16.1. The minimum absolute atomic E-state index is 0.0765. The van der Waals surface area contributed by atoms with E-state index in [1.54, 1.807) is 16.7 Å². The van der Waals surface area contributed by atoms with Gasteiger partial charge in [-0.1, -0.05) is 53.7 Å². The minimum Gasteiger partial charge on any atom is -0.305 e. The van der Waals surface area contributed by atoms with Crippen LogP contribution in [0, 0.1) is 0 Å². The van der Waals surface area contributed by atoms with E-state index in [4.69, 9.17) is 11.6 Å². The van der Waals surface area contributed by atoms with Crippen LogP contribution in [0.25, 0.3) is 11.4 Å². The summed E-state index contributed by atoms with van der Waals surface area (Å²) in [5.74, 6) is 0.0611. The lowest BCUT2D eigenvalue weighted by atomic mass is 10.1. The van der Waals surface area contributed by atoms with Gasteiger partial charge in [-0.15, -0.1) is 10.2 Å². The SMILES string of the molecule is Cn1c(SCC(=O)NC(=O)Cc2ccccc2)nnc1-c1ccc(Cl)cc1. The molecule has 1 aromatic heterocycles. The van der Waals surface area contributed by atoms with Gasteiger partial charge < -0.3 is 4.57 Å². The Bertz CT molecular complexity index is 942. The third kappa shape index (κ3) is 5.18. The summed E-state index contributed by atoms with van der Waals surface area (Å²) in [6.07, 6.45) is 0.169. The van der Waals surface area contributed by atoms with Crippen molar-refractivity contribution in [2.45, 2.75) is 11.6 Å². The first-order valence-corrected chi connectivity index (χ1v) is 9.54. The lowest BCUT2D eigenvalue weighted by Crippen LogP contribution is -2.33. The largest absolute Gasteiger partial charge is 0.305 e. The van der Waals surface area contributed by atoms with Crippen LogP contribution in [0.3, 0.4) is 0 Å². The summed E-state index contributed by atoms with van der Waals surface area (Å²) >= 11 is 7.12. The van der Waals surface area contributed by atoms with Crippen molar-refractivity contribution >= 4 is 35.2 Å². The molecule has 0 fully saturated rings. The van der Waals surface area contributed by atoms with E-state index in [9.17, 15) is 9.59 Å². The lowest BCUT2D eigenvalue weighted by molar-refractivity contribution is -0.128. The van der Waals surface area contributed by atoms with Crippen molar-refractivity contribution in [2.24, 2.45) is 7.05 Å². The fourth-order valence-electron chi connectivity index (χ4n) is 2.44. The summed E-state index contributed by atoms with van der Waals surface area (Å²) in [7, 11) is 1.82. The maximum atomic E-state index is 12.0.